The summed E-state index contributed by atoms with van der Waals surface area (Å²) in [6.07, 6.45) is 3.68. The second kappa shape index (κ2) is 12.2. The van der Waals surface area contributed by atoms with Gasteiger partial charge in [-0.2, -0.15) is 0 Å². The van der Waals surface area contributed by atoms with Crippen LogP contribution in [-0.2, 0) is 25.5 Å². The van der Waals surface area contributed by atoms with E-state index >= 15 is 0 Å². The zero-order valence-electron chi connectivity index (χ0n) is 24.7. The Hall–Kier alpha value is -3.44. The van der Waals surface area contributed by atoms with Gasteiger partial charge in [-0.3, -0.25) is 0 Å². The van der Waals surface area contributed by atoms with Crippen LogP contribution in [0.4, 0.5) is 0 Å². The molecule has 2 aromatic carbocycles. The van der Waals surface area contributed by atoms with E-state index in [1.165, 1.54) is 16.1 Å². The second-order valence-corrected chi connectivity index (χ2v) is 17.2. The Morgan fingerprint density at radius 1 is 0.829 bits per heavy atom. The molecule has 6 heteroatoms. The Labute approximate surface area is 257 Å². The van der Waals surface area contributed by atoms with E-state index < -0.39 is 8.07 Å². The summed E-state index contributed by atoms with van der Waals surface area (Å²) < 4.78 is 6.35. The molecule has 6 rings (SSSR count). The van der Waals surface area contributed by atoms with Crippen molar-refractivity contribution in [3.05, 3.63) is 109 Å². The van der Waals surface area contributed by atoms with E-state index in [9.17, 15) is 0 Å². The number of aryl methyl sites for hydroxylation is 1. The molecule has 0 spiro atoms. The smallest absolute Gasteiger partial charge is 0.216 e. The summed E-state index contributed by atoms with van der Waals surface area (Å²) in [5, 5.41) is 3.61. The van der Waals surface area contributed by atoms with Crippen molar-refractivity contribution in [3.8, 4) is 22.5 Å². The number of pyridine rings is 3. The van der Waals surface area contributed by atoms with E-state index in [1.807, 2.05) is 61.7 Å². The second-order valence-electron chi connectivity index (χ2n) is 12.1. The summed E-state index contributed by atoms with van der Waals surface area (Å²) in [4.78, 5) is 13.7. The fraction of sp³-hybridized carbons (Fsp3) is 0.229. The van der Waals surface area contributed by atoms with Gasteiger partial charge in [-0.15, -0.1) is 53.2 Å². The summed E-state index contributed by atoms with van der Waals surface area (Å²) in [5.74, 6) is 0. The van der Waals surface area contributed by atoms with Gasteiger partial charge in [0.2, 0.25) is 5.71 Å². The molecule has 4 heterocycles. The number of aromatic nitrogens is 3. The number of hydrogen-bond acceptors (Lipinski definition) is 4. The number of nitrogens with zero attached hydrogens (tertiary/aromatic N) is 3. The van der Waals surface area contributed by atoms with Gasteiger partial charge in [0.1, 0.15) is 0 Å². The topological polar surface area (TPSA) is 51.8 Å². The van der Waals surface area contributed by atoms with Gasteiger partial charge in [-0.25, -0.2) is 4.98 Å². The number of rotatable bonds is 3. The van der Waals surface area contributed by atoms with Gasteiger partial charge in [0.05, 0.1) is 5.58 Å². The summed E-state index contributed by atoms with van der Waals surface area (Å²) in [6.45, 7) is 15.6. The number of furan rings is 1. The van der Waals surface area contributed by atoms with E-state index in [1.54, 1.807) is 6.20 Å². The van der Waals surface area contributed by atoms with Crippen LogP contribution in [0.2, 0.25) is 19.6 Å². The Bertz CT molecular complexity index is 1750. The first-order chi connectivity index (χ1) is 19.0. The molecule has 211 valence electrons. The van der Waals surface area contributed by atoms with Crippen molar-refractivity contribution in [3.63, 3.8) is 0 Å². The predicted molar refractivity (Wildman–Crippen MR) is 169 cm³/mol. The van der Waals surface area contributed by atoms with Gasteiger partial charge in [-0.05, 0) is 42.1 Å². The van der Waals surface area contributed by atoms with E-state index in [4.69, 9.17) is 9.40 Å². The predicted octanol–water partition coefficient (Wildman–Crippen LogP) is 8.54. The third-order valence-electron chi connectivity index (χ3n) is 6.81. The zero-order valence-corrected chi connectivity index (χ0v) is 28.1. The molecule has 0 amide bonds. The number of hydrogen-bond donors (Lipinski definition) is 0. The normalized spacial score (nSPS) is 11.6. The molecule has 0 aliphatic rings. The molecule has 4 nitrogen and oxygen atoms in total. The van der Waals surface area contributed by atoms with E-state index in [2.05, 4.69) is 86.8 Å². The van der Waals surface area contributed by atoms with Gasteiger partial charge in [0.25, 0.3) is 0 Å². The molecule has 0 unspecified atom stereocenters. The molecule has 0 fully saturated rings. The first-order valence-electron chi connectivity index (χ1n) is 13.6. The molecule has 0 saturated heterocycles. The van der Waals surface area contributed by atoms with Crippen LogP contribution in [0.5, 0.6) is 0 Å². The molecule has 41 heavy (non-hydrogen) atoms. The van der Waals surface area contributed by atoms with Crippen molar-refractivity contribution in [2.24, 2.45) is 0 Å². The van der Waals surface area contributed by atoms with E-state index in [0.717, 1.165) is 39.2 Å². The first-order valence-corrected chi connectivity index (χ1v) is 17.1. The molecular formula is C35H35IrN3OSi-2. The molecule has 0 bridgehead atoms. The maximum atomic E-state index is 6.35. The standard InChI is InChI=1S/C23H25N2OSi.C12H10N.Ir/c1-23(2,3)19-13-11-16-20-18(27(4,5)6)12-10-15(17-9-7-8-14-24-17)21(20)26-22(16)25-19;1-10-7-8-12(13-9-10)11-5-3-2-4-6-11;/h7-9,11-14H,1-6H3;2-5,7-9H,1H3;/q2*-1;. The first kappa shape index (κ1) is 30.5. The third-order valence-corrected chi connectivity index (χ3v) is 8.82. The van der Waals surface area contributed by atoms with Gasteiger partial charge in [-0.1, -0.05) is 75.6 Å². The third kappa shape index (κ3) is 6.73. The number of fused-ring (bicyclic) bond motifs is 3. The minimum atomic E-state index is -1.59. The maximum absolute atomic E-state index is 6.35. The van der Waals surface area contributed by atoms with Crippen LogP contribution in [0.3, 0.4) is 0 Å². The Kier molecular flexibility index (Phi) is 9.08. The molecule has 0 saturated carbocycles. The zero-order chi connectivity index (χ0) is 28.5. The van der Waals surface area contributed by atoms with Crippen molar-refractivity contribution in [2.45, 2.75) is 52.8 Å². The van der Waals surface area contributed by atoms with Gasteiger partial charge in [0.15, 0.2) is 0 Å². The molecule has 4 aromatic heterocycles. The monoisotopic (exact) mass is 734 g/mol. The van der Waals surface area contributed by atoms with Crippen LogP contribution >= 0.6 is 0 Å². The largest absolute Gasteiger partial charge is 0.486 e. The molecule has 0 aliphatic carbocycles. The molecular weight excluding hydrogens is 699 g/mol. The Morgan fingerprint density at radius 3 is 2.22 bits per heavy atom. The fourth-order valence-corrected chi connectivity index (χ4v) is 6.10. The van der Waals surface area contributed by atoms with Crippen LogP contribution < -0.4 is 5.19 Å². The minimum absolute atomic E-state index is 0. The summed E-state index contributed by atoms with van der Waals surface area (Å²) in [6, 6.07) is 30.9. The van der Waals surface area contributed by atoms with Crippen molar-refractivity contribution in [1.29, 1.82) is 0 Å². The van der Waals surface area contributed by atoms with Crippen molar-refractivity contribution in [2.75, 3.05) is 0 Å². The van der Waals surface area contributed by atoms with Crippen LogP contribution in [0.15, 0.2) is 89.6 Å². The average molecular weight is 734 g/mol. The van der Waals surface area contributed by atoms with Crippen molar-refractivity contribution < 1.29 is 24.5 Å². The van der Waals surface area contributed by atoms with Crippen molar-refractivity contribution >= 4 is 35.3 Å². The maximum Gasteiger partial charge on any atom is 0.216 e. The minimum Gasteiger partial charge on any atom is -0.486 e. The Morgan fingerprint density at radius 2 is 1.61 bits per heavy atom. The van der Waals surface area contributed by atoms with E-state index in [-0.39, 0.29) is 25.5 Å². The molecule has 0 atom stereocenters. The molecule has 6 aromatic rings. The molecule has 0 aliphatic heterocycles. The summed E-state index contributed by atoms with van der Waals surface area (Å²) in [7, 11) is -1.59. The quantitative estimate of drug-likeness (QED) is 0.135. The van der Waals surface area contributed by atoms with Crippen LogP contribution in [0, 0.1) is 19.1 Å². The Balaban J connectivity index is 0.000000233. The van der Waals surface area contributed by atoms with Crippen LogP contribution in [-0.4, -0.2) is 23.0 Å². The fourth-order valence-electron chi connectivity index (χ4n) is 4.59. The molecule has 0 N–H and O–H groups in total. The van der Waals surface area contributed by atoms with E-state index in [0.29, 0.717) is 5.71 Å². The summed E-state index contributed by atoms with van der Waals surface area (Å²) >= 11 is 0. The van der Waals surface area contributed by atoms with Crippen LogP contribution in [0.25, 0.3) is 44.6 Å². The number of benzene rings is 2. The van der Waals surface area contributed by atoms with Gasteiger partial charge in [0, 0.05) is 57.1 Å². The molecule has 1 radical (unpaired) electrons. The van der Waals surface area contributed by atoms with Gasteiger partial charge < -0.3 is 14.4 Å². The summed E-state index contributed by atoms with van der Waals surface area (Å²) in [5.41, 5.74) is 7.55. The SMILES string of the molecule is CC(C)(C)c1ccc2c(n1)oc1c(-c3ccccn3)[c-]cc([Si](C)(C)C)c12.Cc1ccc(-c2[c-]cccc2)nc1.[Ir]. The average Bonchev–Trinajstić information content (AvgIpc) is 3.32. The van der Waals surface area contributed by atoms with Crippen molar-refractivity contribution in [1.82, 2.24) is 15.0 Å². The van der Waals surface area contributed by atoms with Crippen LogP contribution in [0.1, 0.15) is 32.0 Å². The van der Waals surface area contributed by atoms with Gasteiger partial charge >= 0.3 is 0 Å².